The highest BCUT2D eigenvalue weighted by molar-refractivity contribution is 5.94. The molecule has 3 heterocycles. The van der Waals surface area contributed by atoms with Crippen molar-refractivity contribution >= 4 is 11.7 Å². The number of oxazole rings is 1. The Morgan fingerprint density at radius 2 is 2.12 bits per heavy atom. The van der Waals surface area contributed by atoms with Gasteiger partial charge in [0.15, 0.2) is 18.0 Å². The normalized spacial score (nSPS) is 17.1. The van der Waals surface area contributed by atoms with Crippen LogP contribution in [0.5, 0.6) is 0 Å². The van der Waals surface area contributed by atoms with Crippen molar-refractivity contribution < 1.29 is 9.21 Å². The largest absolute Gasteiger partial charge is 0.444 e. The molecule has 1 aliphatic rings. The molecule has 1 atom stereocenters. The number of nitrogens with one attached hydrogen (secondary N) is 1. The molecule has 7 heteroatoms. The second-order valence-electron chi connectivity index (χ2n) is 6.28. The molecular weight excluding hydrogens is 330 g/mol. The molecular formula is C19H19N5O2. The summed E-state index contributed by atoms with van der Waals surface area (Å²) in [5.41, 5.74) is 1.52. The first kappa shape index (κ1) is 16.3. The number of carbonyl (C=O) groups excluding carboxylic acids is 1. The maximum Gasteiger partial charge on any atom is 0.251 e. The number of carbonyl (C=O) groups is 1. The van der Waals surface area contributed by atoms with Crippen LogP contribution in [0.3, 0.4) is 0 Å². The van der Waals surface area contributed by atoms with Crippen molar-refractivity contribution in [2.75, 3.05) is 18.0 Å². The van der Waals surface area contributed by atoms with E-state index in [-0.39, 0.29) is 11.9 Å². The topological polar surface area (TPSA) is 84.2 Å². The summed E-state index contributed by atoms with van der Waals surface area (Å²) in [6, 6.07) is 11.2. The molecule has 1 saturated heterocycles. The molecule has 132 valence electrons. The number of piperidine rings is 1. The smallest absolute Gasteiger partial charge is 0.251 e. The SMILES string of the molecule is O=C(NC1CCCN(c2cccnn2)C1)c1ccc(-c2cnco2)cc1. The van der Waals surface area contributed by atoms with Gasteiger partial charge in [0.25, 0.3) is 5.91 Å². The maximum atomic E-state index is 12.6. The van der Waals surface area contributed by atoms with Crippen LogP contribution in [0.15, 0.2) is 59.6 Å². The van der Waals surface area contributed by atoms with E-state index in [1.807, 2.05) is 24.3 Å². The Balaban J connectivity index is 1.39. The third-order valence-corrected chi connectivity index (χ3v) is 4.50. The summed E-state index contributed by atoms with van der Waals surface area (Å²) in [7, 11) is 0. The van der Waals surface area contributed by atoms with Crippen molar-refractivity contribution in [1.29, 1.82) is 0 Å². The fourth-order valence-corrected chi connectivity index (χ4v) is 3.18. The molecule has 1 amide bonds. The second-order valence-corrected chi connectivity index (χ2v) is 6.28. The first-order valence-corrected chi connectivity index (χ1v) is 8.62. The van der Waals surface area contributed by atoms with Gasteiger partial charge in [-0.05, 0) is 37.1 Å². The molecule has 1 unspecified atom stereocenters. The molecule has 26 heavy (non-hydrogen) atoms. The van der Waals surface area contributed by atoms with Gasteiger partial charge in [0.1, 0.15) is 0 Å². The Morgan fingerprint density at radius 3 is 2.85 bits per heavy atom. The number of benzene rings is 1. The molecule has 2 aromatic heterocycles. The van der Waals surface area contributed by atoms with Gasteiger partial charge < -0.3 is 14.6 Å². The number of anilines is 1. The van der Waals surface area contributed by atoms with E-state index < -0.39 is 0 Å². The first-order chi connectivity index (χ1) is 12.8. The Labute approximate surface area is 151 Å². The summed E-state index contributed by atoms with van der Waals surface area (Å²) in [6.45, 7) is 1.66. The highest BCUT2D eigenvalue weighted by atomic mass is 16.3. The van der Waals surface area contributed by atoms with E-state index in [2.05, 4.69) is 25.4 Å². The lowest BCUT2D eigenvalue weighted by atomic mass is 10.0. The molecule has 1 aromatic carbocycles. The minimum atomic E-state index is -0.0693. The molecule has 0 spiro atoms. The molecule has 1 fully saturated rings. The number of amides is 1. The molecule has 4 rings (SSSR count). The average molecular weight is 349 g/mol. The van der Waals surface area contributed by atoms with Crippen molar-refractivity contribution in [3.8, 4) is 11.3 Å². The predicted octanol–water partition coefficient (Wildman–Crippen LogP) is 2.53. The quantitative estimate of drug-likeness (QED) is 0.779. The van der Waals surface area contributed by atoms with Crippen molar-refractivity contribution in [2.45, 2.75) is 18.9 Å². The molecule has 7 nitrogen and oxygen atoms in total. The van der Waals surface area contributed by atoms with Gasteiger partial charge in [-0.1, -0.05) is 12.1 Å². The summed E-state index contributed by atoms with van der Waals surface area (Å²) in [5, 5.41) is 11.2. The zero-order valence-electron chi connectivity index (χ0n) is 14.2. The lowest BCUT2D eigenvalue weighted by molar-refractivity contribution is 0.0933. The maximum absolute atomic E-state index is 12.6. The van der Waals surface area contributed by atoms with E-state index in [9.17, 15) is 4.79 Å². The summed E-state index contributed by atoms with van der Waals surface area (Å²) < 4.78 is 5.27. The van der Waals surface area contributed by atoms with E-state index in [0.29, 0.717) is 11.3 Å². The van der Waals surface area contributed by atoms with Crippen LogP contribution in [0.25, 0.3) is 11.3 Å². The molecule has 1 N–H and O–H groups in total. The predicted molar refractivity (Wildman–Crippen MR) is 96.7 cm³/mol. The molecule has 0 saturated carbocycles. The van der Waals surface area contributed by atoms with Crippen molar-refractivity contribution in [3.05, 3.63) is 60.7 Å². The molecule has 0 aliphatic carbocycles. The zero-order valence-corrected chi connectivity index (χ0v) is 14.2. The first-order valence-electron chi connectivity index (χ1n) is 8.62. The summed E-state index contributed by atoms with van der Waals surface area (Å²) >= 11 is 0. The lowest BCUT2D eigenvalue weighted by Gasteiger charge is -2.33. The van der Waals surface area contributed by atoms with Crippen molar-refractivity contribution in [3.63, 3.8) is 0 Å². The second kappa shape index (κ2) is 7.35. The molecule has 0 bridgehead atoms. The van der Waals surface area contributed by atoms with Gasteiger partial charge in [0.05, 0.1) is 6.20 Å². The van der Waals surface area contributed by atoms with E-state index in [1.165, 1.54) is 6.39 Å². The Bertz CT molecular complexity index is 849. The van der Waals surface area contributed by atoms with Crippen LogP contribution in [-0.4, -0.2) is 40.2 Å². The number of rotatable bonds is 4. The van der Waals surface area contributed by atoms with Crippen LogP contribution in [0.1, 0.15) is 23.2 Å². The molecule has 3 aromatic rings. The number of hydrogen-bond donors (Lipinski definition) is 1. The fourth-order valence-electron chi connectivity index (χ4n) is 3.18. The van der Waals surface area contributed by atoms with Gasteiger partial charge in [0.2, 0.25) is 0 Å². The third kappa shape index (κ3) is 3.56. The Kier molecular flexibility index (Phi) is 4.59. The zero-order chi connectivity index (χ0) is 17.8. The van der Waals surface area contributed by atoms with Gasteiger partial charge in [-0.3, -0.25) is 4.79 Å². The van der Waals surface area contributed by atoms with E-state index >= 15 is 0 Å². The van der Waals surface area contributed by atoms with Gasteiger partial charge in [-0.15, -0.1) is 5.10 Å². The van der Waals surface area contributed by atoms with E-state index in [1.54, 1.807) is 24.5 Å². The van der Waals surface area contributed by atoms with Gasteiger partial charge in [0, 0.05) is 36.5 Å². The van der Waals surface area contributed by atoms with Crippen LogP contribution in [-0.2, 0) is 0 Å². The van der Waals surface area contributed by atoms with E-state index in [0.717, 1.165) is 37.3 Å². The minimum absolute atomic E-state index is 0.0693. The molecule has 0 radical (unpaired) electrons. The van der Waals surface area contributed by atoms with Crippen LogP contribution < -0.4 is 10.2 Å². The Morgan fingerprint density at radius 1 is 1.23 bits per heavy atom. The Hall–Kier alpha value is -3.22. The highest BCUT2D eigenvalue weighted by Gasteiger charge is 2.23. The minimum Gasteiger partial charge on any atom is -0.444 e. The number of nitrogens with zero attached hydrogens (tertiary/aromatic N) is 4. The lowest BCUT2D eigenvalue weighted by Crippen LogP contribution is -2.48. The van der Waals surface area contributed by atoms with Gasteiger partial charge in [-0.2, -0.15) is 5.10 Å². The molecule has 1 aliphatic heterocycles. The standard InChI is InChI=1S/C19H19N5O2/c25-19(15-7-5-14(6-8-15)17-11-20-13-26-17)22-16-3-2-10-24(12-16)18-4-1-9-21-23-18/h1,4-9,11,13,16H,2-3,10,12H2,(H,22,25). The van der Waals surface area contributed by atoms with Crippen LogP contribution >= 0.6 is 0 Å². The van der Waals surface area contributed by atoms with Crippen LogP contribution in [0, 0.1) is 0 Å². The average Bonchev–Trinajstić information content (AvgIpc) is 3.24. The summed E-state index contributed by atoms with van der Waals surface area (Å²) in [5.74, 6) is 1.46. The van der Waals surface area contributed by atoms with E-state index in [4.69, 9.17) is 4.42 Å². The van der Waals surface area contributed by atoms with Crippen LogP contribution in [0.2, 0.25) is 0 Å². The highest BCUT2D eigenvalue weighted by Crippen LogP contribution is 2.20. The summed E-state index contributed by atoms with van der Waals surface area (Å²) in [4.78, 5) is 18.6. The van der Waals surface area contributed by atoms with Crippen molar-refractivity contribution in [2.24, 2.45) is 0 Å². The van der Waals surface area contributed by atoms with Crippen LogP contribution in [0.4, 0.5) is 5.82 Å². The van der Waals surface area contributed by atoms with Crippen molar-refractivity contribution in [1.82, 2.24) is 20.5 Å². The summed E-state index contributed by atoms with van der Waals surface area (Å²) in [6.07, 6.45) is 6.67. The van der Waals surface area contributed by atoms with Gasteiger partial charge >= 0.3 is 0 Å². The fraction of sp³-hybridized carbons (Fsp3) is 0.263. The van der Waals surface area contributed by atoms with Gasteiger partial charge in [-0.25, -0.2) is 4.98 Å². The number of hydrogen-bond acceptors (Lipinski definition) is 6. The third-order valence-electron chi connectivity index (χ3n) is 4.50. The number of aromatic nitrogens is 3. The monoisotopic (exact) mass is 349 g/mol.